The van der Waals surface area contributed by atoms with Crippen LogP contribution in [0.4, 0.5) is 0 Å². The van der Waals surface area contributed by atoms with Crippen LogP contribution in [-0.4, -0.2) is 53.5 Å². The van der Waals surface area contributed by atoms with Gasteiger partial charge in [0, 0.05) is 44.3 Å². The molecule has 0 amide bonds. The molecule has 2 N–H and O–H groups in total. The van der Waals surface area contributed by atoms with Crippen molar-refractivity contribution in [1.82, 2.24) is 10.6 Å². The standard InChI is InChI=1S/C26H37N3O3/c1-19-6-8-23(30-4)21(16-19)10-13-28-25(27-3)29-18-26(11-14-32-15-12-26)22-17-20(2)7-9-24(22)31-5/h6-9,16-17H,10-15,18H2,1-5H3,(H2,27,28,29). The Morgan fingerprint density at radius 3 is 2.28 bits per heavy atom. The molecular weight excluding hydrogens is 402 g/mol. The quantitative estimate of drug-likeness (QED) is 0.484. The number of aryl methyl sites for hydroxylation is 2. The number of nitrogens with zero attached hydrogens (tertiary/aromatic N) is 1. The molecule has 2 aromatic rings. The van der Waals surface area contributed by atoms with Gasteiger partial charge in [-0.1, -0.05) is 35.4 Å². The summed E-state index contributed by atoms with van der Waals surface area (Å²) in [7, 11) is 5.27. The fourth-order valence-corrected chi connectivity index (χ4v) is 4.43. The normalized spacial score (nSPS) is 15.8. The van der Waals surface area contributed by atoms with Crippen molar-refractivity contribution in [2.24, 2.45) is 4.99 Å². The largest absolute Gasteiger partial charge is 0.496 e. The van der Waals surface area contributed by atoms with Gasteiger partial charge in [-0.15, -0.1) is 0 Å². The number of hydrogen-bond donors (Lipinski definition) is 2. The Morgan fingerprint density at radius 1 is 0.969 bits per heavy atom. The summed E-state index contributed by atoms with van der Waals surface area (Å²) in [5, 5.41) is 7.03. The Hall–Kier alpha value is -2.73. The zero-order valence-corrected chi connectivity index (χ0v) is 20.1. The van der Waals surface area contributed by atoms with E-state index in [0.717, 1.165) is 63.0 Å². The Morgan fingerprint density at radius 2 is 1.62 bits per heavy atom. The van der Waals surface area contributed by atoms with Gasteiger partial charge in [-0.3, -0.25) is 4.99 Å². The number of rotatable bonds is 8. The number of nitrogens with one attached hydrogen (secondary N) is 2. The van der Waals surface area contributed by atoms with Gasteiger partial charge in [0.2, 0.25) is 0 Å². The molecule has 0 atom stereocenters. The number of methoxy groups -OCH3 is 2. The van der Waals surface area contributed by atoms with Gasteiger partial charge in [-0.2, -0.15) is 0 Å². The molecule has 1 aliphatic rings. The minimum Gasteiger partial charge on any atom is -0.496 e. The number of benzene rings is 2. The zero-order valence-electron chi connectivity index (χ0n) is 20.1. The average molecular weight is 440 g/mol. The molecule has 0 aromatic heterocycles. The highest BCUT2D eigenvalue weighted by molar-refractivity contribution is 5.79. The van der Waals surface area contributed by atoms with Crippen LogP contribution in [-0.2, 0) is 16.6 Å². The van der Waals surface area contributed by atoms with Gasteiger partial charge in [0.15, 0.2) is 5.96 Å². The Balaban J connectivity index is 1.68. The molecule has 3 rings (SSSR count). The van der Waals surface area contributed by atoms with Crippen molar-refractivity contribution in [2.45, 2.75) is 38.5 Å². The molecule has 1 heterocycles. The topological polar surface area (TPSA) is 64.1 Å². The molecular formula is C26H37N3O3. The van der Waals surface area contributed by atoms with Gasteiger partial charge in [0.1, 0.15) is 11.5 Å². The summed E-state index contributed by atoms with van der Waals surface area (Å²) in [6.45, 7) is 7.26. The Bertz CT molecular complexity index is 921. The van der Waals surface area contributed by atoms with E-state index in [9.17, 15) is 0 Å². The molecule has 1 aliphatic heterocycles. The van der Waals surface area contributed by atoms with E-state index in [1.54, 1.807) is 14.2 Å². The van der Waals surface area contributed by atoms with Gasteiger partial charge >= 0.3 is 0 Å². The molecule has 2 aromatic carbocycles. The number of guanidine groups is 1. The first-order valence-corrected chi connectivity index (χ1v) is 11.3. The van der Waals surface area contributed by atoms with Crippen molar-refractivity contribution in [3.63, 3.8) is 0 Å². The highest BCUT2D eigenvalue weighted by atomic mass is 16.5. The Kier molecular flexibility index (Phi) is 8.39. The van der Waals surface area contributed by atoms with Crippen LogP contribution in [0.2, 0.25) is 0 Å². The monoisotopic (exact) mass is 439 g/mol. The van der Waals surface area contributed by atoms with Crippen LogP contribution >= 0.6 is 0 Å². The third-order valence-electron chi connectivity index (χ3n) is 6.32. The second kappa shape index (κ2) is 11.2. The second-order valence-electron chi connectivity index (χ2n) is 8.51. The predicted molar refractivity (Wildman–Crippen MR) is 130 cm³/mol. The SMILES string of the molecule is CN=C(NCCc1cc(C)ccc1OC)NCC1(c2cc(C)ccc2OC)CCOCC1. The van der Waals surface area contributed by atoms with Crippen LogP contribution in [0.25, 0.3) is 0 Å². The van der Waals surface area contributed by atoms with Crippen molar-refractivity contribution in [1.29, 1.82) is 0 Å². The molecule has 174 valence electrons. The first-order valence-electron chi connectivity index (χ1n) is 11.3. The summed E-state index contributed by atoms with van der Waals surface area (Å²) >= 11 is 0. The smallest absolute Gasteiger partial charge is 0.191 e. The van der Waals surface area contributed by atoms with Crippen LogP contribution in [0.15, 0.2) is 41.4 Å². The van der Waals surface area contributed by atoms with Crippen LogP contribution in [0, 0.1) is 13.8 Å². The molecule has 0 radical (unpaired) electrons. The fourth-order valence-electron chi connectivity index (χ4n) is 4.43. The lowest BCUT2D eigenvalue weighted by atomic mass is 9.73. The van der Waals surface area contributed by atoms with Crippen molar-refractivity contribution in [2.75, 3.05) is 47.6 Å². The van der Waals surface area contributed by atoms with E-state index in [2.05, 4.69) is 59.8 Å². The lowest BCUT2D eigenvalue weighted by Crippen LogP contribution is -2.48. The lowest BCUT2D eigenvalue weighted by Gasteiger charge is -2.39. The highest BCUT2D eigenvalue weighted by Gasteiger charge is 2.37. The van der Waals surface area contributed by atoms with E-state index < -0.39 is 0 Å². The third-order valence-corrected chi connectivity index (χ3v) is 6.32. The molecule has 1 saturated heterocycles. The minimum absolute atomic E-state index is 0.0625. The van der Waals surface area contributed by atoms with E-state index in [-0.39, 0.29) is 5.41 Å². The van der Waals surface area contributed by atoms with E-state index in [1.165, 1.54) is 22.3 Å². The third kappa shape index (κ3) is 5.74. The molecule has 0 bridgehead atoms. The maximum absolute atomic E-state index is 5.73. The first kappa shape index (κ1) is 23.9. The van der Waals surface area contributed by atoms with Crippen LogP contribution in [0.3, 0.4) is 0 Å². The maximum atomic E-state index is 5.73. The molecule has 0 aliphatic carbocycles. The van der Waals surface area contributed by atoms with Gasteiger partial charge in [-0.05, 0) is 50.8 Å². The second-order valence-corrected chi connectivity index (χ2v) is 8.51. The summed E-state index contributed by atoms with van der Waals surface area (Å²) in [5.74, 6) is 2.66. The van der Waals surface area contributed by atoms with Crippen molar-refractivity contribution < 1.29 is 14.2 Å². The summed E-state index contributed by atoms with van der Waals surface area (Å²) in [4.78, 5) is 4.45. The lowest BCUT2D eigenvalue weighted by molar-refractivity contribution is 0.0505. The van der Waals surface area contributed by atoms with E-state index in [0.29, 0.717) is 0 Å². The highest BCUT2D eigenvalue weighted by Crippen LogP contribution is 2.40. The van der Waals surface area contributed by atoms with Gasteiger partial charge in [-0.25, -0.2) is 0 Å². The zero-order chi connectivity index (χ0) is 23.0. The molecule has 0 spiro atoms. The van der Waals surface area contributed by atoms with Gasteiger partial charge in [0.25, 0.3) is 0 Å². The molecule has 0 unspecified atom stereocenters. The van der Waals surface area contributed by atoms with Gasteiger partial charge < -0.3 is 24.8 Å². The minimum atomic E-state index is -0.0625. The molecule has 0 saturated carbocycles. The van der Waals surface area contributed by atoms with Crippen molar-refractivity contribution in [3.8, 4) is 11.5 Å². The van der Waals surface area contributed by atoms with Crippen LogP contribution in [0.5, 0.6) is 11.5 Å². The van der Waals surface area contributed by atoms with Crippen LogP contribution < -0.4 is 20.1 Å². The summed E-state index contributed by atoms with van der Waals surface area (Å²) < 4.78 is 16.9. The molecule has 6 heteroatoms. The molecule has 6 nitrogen and oxygen atoms in total. The van der Waals surface area contributed by atoms with E-state index >= 15 is 0 Å². The summed E-state index contributed by atoms with van der Waals surface area (Å²) in [6.07, 6.45) is 2.74. The van der Waals surface area contributed by atoms with Crippen LogP contribution in [0.1, 0.15) is 35.1 Å². The van der Waals surface area contributed by atoms with E-state index in [4.69, 9.17) is 14.2 Å². The molecule has 1 fully saturated rings. The van der Waals surface area contributed by atoms with Gasteiger partial charge in [0.05, 0.1) is 14.2 Å². The van der Waals surface area contributed by atoms with Crippen molar-refractivity contribution >= 4 is 5.96 Å². The fraction of sp³-hybridized carbons (Fsp3) is 0.500. The number of ether oxygens (including phenoxy) is 3. The Labute approximate surface area is 192 Å². The maximum Gasteiger partial charge on any atom is 0.191 e. The summed E-state index contributed by atoms with van der Waals surface area (Å²) in [6, 6.07) is 12.7. The predicted octanol–water partition coefficient (Wildman–Crippen LogP) is 3.78. The first-order chi connectivity index (χ1) is 15.5. The van der Waals surface area contributed by atoms with Crippen molar-refractivity contribution in [3.05, 3.63) is 58.7 Å². The van der Waals surface area contributed by atoms with E-state index in [1.807, 2.05) is 13.1 Å². The average Bonchev–Trinajstić information content (AvgIpc) is 2.82. The number of aliphatic imine (C=N–C) groups is 1. The summed E-state index contributed by atoms with van der Waals surface area (Å²) in [5.41, 5.74) is 4.85. The molecule has 32 heavy (non-hydrogen) atoms. The number of hydrogen-bond acceptors (Lipinski definition) is 4.